The van der Waals surface area contributed by atoms with E-state index in [-0.39, 0.29) is 23.8 Å². The number of nitrogens with one attached hydrogen (secondary N) is 1. The Morgan fingerprint density at radius 1 is 1.39 bits per heavy atom. The van der Waals surface area contributed by atoms with Crippen molar-refractivity contribution in [3.05, 3.63) is 40.7 Å². The third-order valence-electron chi connectivity index (χ3n) is 2.74. The van der Waals surface area contributed by atoms with Crippen LogP contribution in [0.4, 0.5) is 0 Å². The number of para-hydroxylation sites is 1. The van der Waals surface area contributed by atoms with E-state index in [9.17, 15) is 9.59 Å². The molecule has 1 heterocycles. The molecule has 0 aliphatic rings. The first-order valence-corrected chi connectivity index (χ1v) is 5.55. The van der Waals surface area contributed by atoms with Crippen LogP contribution in [0.2, 0.25) is 0 Å². The van der Waals surface area contributed by atoms with E-state index in [4.69, 9.17) is 4.74 Å². The molecule has 0 saturated heterocycles. The van der Waals surface area contributed by atoms with E-state index in [2.05, 4.69) is 5.32 Å². The van der Waals surface area contributed by atoms with E-state index in [0.29, 0.717) is 0 Å². The van der Waals surface area contributed by atoms with Crippen molar-refractivity contribution in [2.45, 2.75) is 0 Å². The average molecular weight is 246 g/mol. The van der Waals surface area contributed by atoms with E-state index in [1.807, 2.05) is 24.3 Å². The average Bonchev–Trinajstić information content (AvgIpc) is 2.41. The van der Waals surface area contributed by atoms with E-state index in [0.717, 1.165) is 10.9 Å². The summed E-state index contributed by atoms with van der Waals surface area (Å²) in [5, 5.41) is 3.33. The van der Waals surface area contributed by atoms with Crippen LogP contribution in [0.3, 0.4) is 0 Å². The number of ether oxygens (including phenoxy) is 1. The molecule has 5 heteroatoms. The Balaban J connectivity index is 2.43. The van der Waals surface area contributed by atoms with Gasteiger partial charge >= 0.3 is 0 Å². The van der Waals surface area contributed by atoms with Crippen LogP contribution >= 0.6 is 0 Å². The summed E-state index contributed by atoms with van der Waals surface area (Å²) < 4.78 is 6.74. The van der Waals surface area contributed by atoms with Crippen LogP contribution in [0, 0.1) is 0 Å². The second-order valence-corrected chi connectivity index (χ2v) is 3.89. The summed E-state index contributed by atoms with van der Waals surface area (Å²) >= 11 is 0. The number of hydrogen-bond acceptors (Lipinski definition) is 3. The number of likely N-dealkylation sites (N-methyl/N-ethyl adjacent to an activating group) is 1. The number of nitrogens with zero attached hydrogens (tertiary/aromatic N) is 1. The number of carbonyl (C=O) groups excluding carboxylic acids is 1. The van der Waals surface area contributed by atoms with Crippen LogP contribution < -0.4 is 15.6 Å². The Morgan fingerprint density at radius 3 is 2.83 bits per heavy atom. The third kappa shape index (κ3) is 2.20. The maximum atomic E-state index is 12.0. The standard InChI is InChI=1S/C13H14N2O3/c1-14-12(16)8-18-11-7-9-5-3-4-6-10(9)15(2)13(11)17/h3-7H,8H2,1-2H3,(H,14,16). The molecule has 0 spiro atoms. The molecule has 2 rings (SSSR count). The van der Waals surface area contributed by atoms with Gasteiger partial charge in [-0.2, -0.15) is 0 Å². The summed E-state index contributed by atoms with van der Waals surface area (Å²) in [5.74, 6) is -0.0926. The molecule has 1 N–H and O–H groups in total. The molecule has 0 radical (unpaired) electrons. The van der Waals surface area contributed by atoms with Gasteiger partial charge in [0, 0.05) is 19.5 Å². The largest absolute Gasteiger partial charge is 0.478 e. The lowest BCUT2D eigenvalue weighted by molar-refractivity contribution is -0.122. The zero-order valence-corrected chi connectivity index (χ0v) is 10.3. The van der Waals surface area contributed by atoms with E-state index in [1.165, 1.54) is 11.6 Å². The summed E-state index contributed by atoms with van der Waals surface area (Å²) in [7, 11) is 3.20. The third-order valence-corrected chi connectivity index (χ3v) is 2.74. The van der Waals surface area contributed by atoms with Crippen molar-refractivity contribution in [3.63, 3.8) is 0 Å². The van der Waals surface area contributed by atoms with Gasteiger partial charge in [-0.25, -0.2) is 0 Å². The highest BCUT2D eigenvalue weighted by Crippen LogP contribution is 2.15. The van der Waals surface area contributed by atoms with Crippen molar-refractivity contribution in [2.24, 2.45) is 7.05 Å². The summed E-state index contributed by atoms with van der Waals surface area (Å²) in [6.07, 6.45) is 0. The number of amides is 1. The van der Waals surface area contributed by atoms with Crippen LogP contribution in [0.5, 0.6) is 5.75 Å². The topological polar surface area (TPSA) is 60.3 Å². The zero-order chi connectivity index (χ0) is 13.1. The summed E-state index contributed by atoms with van der Waals surface area (Å²) in [6.45, 7) is -0.163. The van der Waals surface area contributed by atoms with Gasteiger partial charge in [-0.3, -0.25) is 9.59 Å². The highest BCUT2D eigenvalue weighted by molar-refractivity contribution is 5.80. The molecule has 2 aromatic rings. The normalized spacial score (nSPS) is 10.3. The highest BCUT2D eigenvalue weighted by atomic mass is 16.5. The molecule has 0 atom stereocenters. The monoisotopic (exact) mass is 246 g/mol. The van der Waals surface area contributed by atoms with Gasteiger partial charge in [0.15, 0.2) is 12.4 Å². The number of hydrogen-bond donors (Lipinski definition) is 1. The Morgan fingerprint density at radius 2 is 2.11 bits per heavy atom. The second-order valence-electron chi connectivity index (χ2n) is 3.89. The first kappa shape index (κ1) is 12.2. The molecule has 0 saturated carbocycles. The Bertz CT molecular complexity index is 646. The fourth-order valence-corrected chi connectivity index (χ4v) is 1.71. The molecule has 0 aliphatic carbocycles. The second kappa shape index (κ2) is 4.91. The minimum Gasteiger partial charge on any atom is -0.478 e. The van der Waals surface area contributed by atoms with Gasteiger partial charge in [-0.15, -0.1) is 0 Å². The van der Waals surface area contributed by atoms with Crippen molar-refractivity contribution in [3.8, 4) is 5.75 Å². The van der Waals surface area contributed by atoms with Gasteiger partial charge in [-0.1, -0.05) is 18.2 Å². The molecule has 0 fully saturated rings. The minimum atomic E-state index is -0.273. The fraction of sp³-hybridized carbons (Fsp3) is 0.231. The summed E-state index contributed by atoms with van der Waals surface area (Å²) in [5.41, 5.74) is 0.576. The molecule has 0 unspecified atom stereocenters. The van der Waals surface area contributed by atoms with E-state index < -0.39 is 0 Å². The maximum absolute atomic E-state index is 12.0. The minimum absolute atomic E-state index is 0.163. The quantitative estimate of drug-likeness (QED) is 0.865. The lowest BCUT2D eigenvalue weighted by Gasteiger charge is -2.09. The van der Waals surface area contributed by atoms with E-state index in [1.54, 1.807) is 13.1 Å². The number of benzene rings is 1. The molecule has 0 aliphatic heterocycles. The number of aryl methyl sites for hydroxylation is 1. The number of rotatable bonds is 3. The Hall–Kier alpha value is -2.30. The Kier molecular flexibility index (Phi) is 3.32. The molecule has 1 aromatic carbocycles. The predicted octanol–water partition coefficient (Wildman–Crippen LogP) is 0.663. The lowest BCUT2D eigenvalue weighted by Crippen LogP contribution is -2.27. The van der Waals surface area contributed by atoms with Crippen LogP contribution in [0.25, 0.3) is 10.9 Å². The molecule has 94 valence electrons. The van der Waals surface area contributed by atoms with Gasteiger partial charge < -0.3 is 14.6 Å². The van der Waals surface area contributed by atoms with Crippen LogP contribution in [0.15, 0.2) is 35.1 Å². The maximum Gasteiger partial charge on any atom is 0.293 e. The van der Waals surface area contributed by atoms with Crippen molar-refractivity contribution in [1.29, 1.82) is 0 Å². The number of aromatic nitrogens is 1. The van der Waals surface area contributed by atoms with Crippen LogP contribution in [-0.4, -0.2) is 24.1 Å². The highest BCUT2D eigenvalue weighted by Gasteiger charge is 2.08. The van der Waals surface area contributed by atoms with Crippen LogP contribution in [-0.2, 0) is 11.8 Å². The van der Waals surface area contributed by atoms with Gasteiger partial charge in [0.1, 0.15) is 0 Å². The summed E-state index contributed by atoms with van der Waals surface area (Å²) in [6, 6.07) is 9.16. The first-order valence-electron chi connectivity index (χ1n) is 5.55. The number of pyridine rings is 1. The van der Waals surface area contributed by atoms with Gasteiger partial charge in [0.25, 0.3) is 11.5 Å². The molecule has 1 amide bonds. The predicted molar refractivity (Wildman–Crippen MR) is 68.8 cm³/mol. The fourth-order valence-electron chi connectivity index (χ4n) is 1.71. The number of carbonyl (C=O) groups is 1. The smallest absolute Gasteiger partial charge is 0.293 e. The van der Waals surface area contributed by atoms with Gasteiger partial charge in [0.05, 0.1) is 5.52 Å². The molecule has 18 heavy (non-hydrogen) atoms. The van der Waals surface area contributed by atoms with Crippen molar-refractivity contribution < 1.29 is 9.53 Å². The molecule has 1 aromatic heterocycles. The first-order chi connectivity index (χ1) is 8.63. The Labute approximate surface area is 104 Å². The SMILES string of the molecule is CNC(=O)COc1cc2ccccc2n(C)c1=O. The number of fused-ring (bicyclic) bond motifs is 1. The lowest BCUT2D eigenvalue weighted by atomic mass is 10.2. The van der Waals surface area contributed by atoms with Crippen molar-refractivity contribution in [2.75, 3.05) is 13.7 Å². The summed E-state index contributed by atoms with van der Waals surface area (Å²) in [4.78, 5) is 23.1. The molecule has 5 nitrogen and oxygen atoms in total. The van der Waals surface area contributed by atoms with Crippen molar-refractivity contribution in [1.82, 2.24) is 9.88 Å². The molecule has 0 bridgehead atoms. The van der Waals surface area contributed by atoms with Gasteiger partial charge in [0.2, 0.25) is 0 Å². The zero-order valence-electron chi connectivity index (χ0n) is 10.3. The van der Waals surface area contributed by atoms with E-state index >= 15 is 0 Å². The molecular formula is C13H14N2O3. The van der Waals surface area contributed by atoms with Crippen LogP contribution in [0.1, 0.15) is 0 Å². The van der Waals surface area contributed by atoms with Crippen molar-refractivity contribution >= 4 is 16.8 Å². The molecular weight excluding hydrogens is 232 g/mol. The van der Waals surface area contributed by atoms with Gasteiger partial charge in [-0.05, 0) is 12.1 Å².